The number of carbonyl (C=O) groups excluding carboxylic acids is 2. The SMILES string of the molecule is Cc1ccc(NC(=O)C(=O)NCCN2CCOCC2)c(N)c1. The van der Waals surface area contributed by atoms with Gasteiger partial charge in [0, 0.05) is 26.2 Å². The number of nitrogens with one attached hydrogen (secondary N) is 2. The van der Waals surface area contributed by atoms with Gasteiger partial charge in [-0.05, 0) is 24.6 Å². The van der Waals surface area contributed by atoms with E-state index >= 15 is 0 Å². The highest BCUT2D eigenvalue weighted by Crippen LogP contribution is 2.19. The standard InChI is InChI=1S/C15H22N4O3/c1-11-2-3-13(12(16)10-11)18-15(21)14(20)17-4-5-19-6-8-22-9-7-19/h2-3,10H,4-9,16H2,1H3,(H,17,20)(H,18,21). The number of amides is 2. The molecule has 1 aromatic rings. The van der Waals surface area contributed by atoms with Crippen LogP contribution in [0, 0.1) is 6.92 Å². The minimum absolute atomic E-state index is 0.426. The number of nitrogen functional groups attached to an aromatic ring is 1. The van der Waals surface area contributed by atoms with Gasteiger partial charge in [0.15, 0.2) is 0 Å². The number of benzene rings is 1. The molecule has 1 aliphatic heterocycles. The number of ether oxygens (including phenoxy) is 1. The Morgan fingerprint density at radius 1 is 1.27 bits per heavy atom. The van der Waals surface area contributed by atoms with Crippen LogP contribution in [0.4, 0.5) is 11.4 Å². The number of hydrogen-bond donors (Lipinski definition) is 3. The van der Waals surface area contributed by atoms with E-state index in [2.05, 4.69) is 15.5 Å². The van der Waals surface area contributed by atoms with E-state index in [0.29, 0.717) is 37.7 Å². The molecule has 22 heavy (non-hydrogen) atoms. The summed E-state index contributed by atoms with van der Waals surface area (Å²) < 4.78 is 5.25. The second kappa shape index (κ2) is 7.77. The van der Waals surface area contributed by atoms with Crippen LogP contribution in [-0.4, -0.2) is 56.1 Å². The summed E-state index contributed by atoms with van der Waals surface area (Å²) >= 11 is 0. The molecule has 0 bridgehead atoms. The molecular weight excluding hydrogens is 284 g/mol. The van der Waals surface area contributed by atoms with Crippen LogP contribution in [0.25, 0.3) is 0 Å². The van der Waals surface area contributed by atoms with Crippen molar-refractivity contribution in [2.24, 2.45) is 0 Å². The summed E-state index contributed by atoms with van der Waals surface area (Å²) in [6.45, 7) is 6.15. The molecule has 0 aliphatic carbocycles. The molecule has 7 heteroatoms. The Morgan fingerprint density at radius 3 is 2.68 bits per heavy atom. The molecular formula is C15H22N4O3. The van der Waals surface area contributed by atoms with Gasteiger partial charge in [0.25, 0.3) is 0 Å². The van der Waals surface area contributed by atoms with E-state index in [-0.39, 0.29) is 0 Å². The lowest BCUT2D eigenvalue weighted by molar-refractivity contribution is -0.136. The quantitative estimate of drug-likeness (QED) is 0.536. The van der Waals surface area contributed by atoms with Crippen molar-refractivity contribution in [2.45, 2.75) is 6.92 Å². The number of aryl methyl sites for hydroxylation is 1. The molecule has 7 nitrogen and oxygen atoms in total. The van der Waals surface area contributed by atoms with E-state index in [1.807, 2.05) is 13.0 Å². The topological polar surface area (TPSA) is 96.7 Å². The van der Waals surface area contributed by atoms with Crippen molar-refractivity contribution in [3.8, 4) is 0 Å². The molecule has 2 amide bonds. The van der Waals surface area contributed by atoms with Crippen LogP contribution < -0.4 is 16.4 Å². The predicted molar refractivity (Wildman–Crippen MR) is 84.5 cm³/mol. The van der Waals surface area contributed by atoms with Crippen LogP contribution in [0.2, 0.25) is 0 Å². The maximum atomic E-state index is 11.8. The molecule has 0 radical (unpaired) electrons. The average molecular weight is 306 g/mol. The Hall–Kier alpha value is -2.12. The number of nitrogens with zero attached hydrogens (tertiary/aromatic N) is 1. The van der Waals surface area contributed by atoms with Crippen LogP contribution in [-0.2, 0) is 14.3 Å². The first kappa shape index (κ1) is 16.3. The number of hydrogen-bond acceptors (Lipinski definition) is 5. The van der Waals surface area contributed by atoms with E-state index in [9.17, 15) is 9.59 Å². The lowest BCUT2D eigenvalue weighted by atomic mass is 10.2. The van der Waals surface area contributed by atoms with Gasteiger partial charge in [-0.3, -0.25) is 14.5 Å². The second-order valence-corrected chi connectivity index (χ2v) is 5.25. The number of carbonyl (C=O) groups is 2. The third-order valence-corrected chi connectivity index (χ3v) is 3.48. The zero-order chi connectivity index (χ0) is 15.9. The maximum absolute atomic E-state index is 11.8. The normalized spacial score (nSPS) is 15.3. The monoisotopic (exact) mass is 306 g/mol. The molecule has 120 valence electrons. The van der Waals surface area contributed by atoms with E-state index < -0.39 is 11.8 Å². The Morgan fingerprint density at radius 2 is 2.00 bits per heavy atom. The molecule has 0 unspecified atom stereocenters. The van der Waals surface area contributed by atoms with Crippen molar-refractivity contribution in [2.75, 3.05) is 50.4 Å². The molecule has 1 saturated heterocycles. The number of anilines is 2. The van der Waals surface area contributed by atoms with Gasteiger partial charge in [-0.15, -0.1) is 0 Å². The van der Waals surface area contributed by atoms with E-state index in [0.717, 1.165) is 18.7 Å². The summed E-state index contributed by atoms with van der Waals surface area (Å²) in [4.78, 5) is 25.8. The van der Waals surface area contributed by atoms with Crippen LogP contribution in [0.5, 0.6) is 0 Å². The third kappa shape index (κ3) is 4.71. The molecule has 1 heterocycles. The van der Waals surface area contributed by atoms with Gasteiger partial charge >= 0.3 is 11.8 Å². The zero-order valence-electron chi connectivity index (χ0n) is 12.7. The van der Waals surface area contributed by atoms with Gasteiger partial charge in [-0.25, -0.2) is 0 Å². The molecule has 1 aromatic carbocycles. The summed E-state index contributed by atoms with van der Waals surface area (Å²) in [5, 5.41) is 5.12. The van der Waals surface area contributed by atoms with Crippen molar-refractivity contribution in [1.29, 1.82) is 0 Å². The fourth-order valence-corrected chi connectivity index (χ4v) is 2.21. The summed E-state index contributed by atoms with van der Waals surface area (Å²) in [6.07, 6.45) is 0. The van der Waals surface area contributed by atoms with E-state index in [4.69, 9.17) is 10.5 Å². The number of morpholine rings is 1. The Bertz CT molecular complexity index is 542. The highest BCUT2D eigenvalue weighted by Gasteiger charge is 2.15. The van der Waals surface area contributed by atoms with Gasteiger partial charge in [0.2, 0.25) is 0 Å². The largest absolute Gasteiger partial charge is 0.397 e. The van der Waals surface area contributed by atoms with Crippen LogP contribution >= 0.6 is 0 Å². The van der Waals surface area contributed by atoms with Gasteiger partial charge in [0.1, 0.15) is 0 Å². The summed E-state index contributed by atoms with van der Waals surface area (Å²) in [7, 11) is 0. The van der Waals surface area contributed by atoms with E-state index in [1.165, 1.54) is 0 Å². The van der Waals surface area contributed by atoms with Crippen molar-refractivity contribution < 1.29 is 14.3 Å². The molecule has 0 aromatic heterocycles. The van der Waals surface area contributed by atoms with Gasteiger partial charge < -0.3 is 21.1 Å². The van der Waals surface area contributed by atoms with Crippen LogP contribution in [0.1, 0.15) is 5.56 Å². The van der Waals surface area contributed by atoms with Gasteiger partial charge in [-0.2, -0.15) is 0 Å². The van der Waals surface area contributed by atoms with Gasteiger partial charge in [-0.1, -0.05) is 6.07 Å². The fraction of sp³-hybridized carbons (Fsp3) is 0.467. The fourth-order valence-electron chi connectivity index (χ4n) is 2.21. The van der Waals surface area contributed by atoms with Crippen molar-refractivity contribution in [1.82, 2.24) is 10.2 Å². The first-order chi connectivity index (χ1) is 10.6. The highest BCUT2D eigenvalue weighted by atomic mass is 16.5. The lowest BCUT2D eigenvalue weighted by Crippen LogP contribution is -2.43. The minimum Gasteiger partial charge on any atom is -0.397 e. The van der Waals surface area contributed by atoms with Crippen molar-refractivity contribution in [3.63, 3.8) is 0 Å². The first-order valence-electron chi connectivity index (χ1n) is 7.31. The predicted octanol–water partition coefficient (Wildman–Crippen LogP) is -0.0359. The Labute approximate surface area is 129 Å². The Kier molecular flexibility index (Phi) is 5.74. The lowest BCUT2D eigenvalue weighted by Gasteiger charge is -2.26. The van der Waals surface area contributed by atoms with Gasteiger partial charge in [0.05, 0.1) is 24.6 Å². The molecule has 1 aliphatic rings. The number of nitrogens with two attached hydrogens (primary N) is 1. The van der Waals surface area contributed by atoms with Crippen LogP contribution in [0.3, 0.4) is 0 Å². The summed E-state index contributed by atoms with van der Waals surface area (Å²) in [5.74, 6) is -1.37. The third-order valence-electron chi connectivity index (χ3n) is 3.48. The minimum atomic E-state index is -0.711. The molecule has 0 spiro atoms. The van der Waals surface area contributed by atoms with Crippen molar-refractivity contribution in [3.05, 3.63) is 23.8 Å². The Balaban J connectivity index is 1.75. The van der Waals surface area contributed by atoms with Crippen molar-refractivity contribution >= 4 is 23.2 Å². The smallest absolute Gasteiger partial charge is 0.313 e. The van der Waals surface area contributed by atoms with E-state index in [1.54, 1.807) is 12.1 Å². The summed E-state index contributed by atoms with van der Waals surface area (Å²) in [6, 6.07) is 5.25. The zero-order valence-corrected chi connectivity index (χ0v) is 12.7. The molecule has 0 saturated carbocycles. The molecule has 4 N–H and O–H groups in total. The number of rotatable bonds is 4. The molecule has 0 atom stereocenters. The second-order valence-electron chi connectivity index (χ2n) is 5.25. The van der Waals surface area contributed by atoms with Crippen LogP contribution in [0.15, 0.2) is 18.2 Å². The average Bonchev–Trinajstić information content (AvgIpc) is 2.51. The first-order valence-corrected chi connectivity index (χ1v) is 7.31. The highest BCUT2D eigenvalue weighted by molar-refractivity contribution is 6.39. The molecule has 1 fully saturated rings. The molecule has 2 rings (SSSR count). The maximum Gasteiger partial charge on any atom is 0.313 e. The summed E-state index contributed by atoms with van der Waals surface area (Å²) in [5.41, 5.74) is 7.68.